The van der Waals surface area contributed by atoms with Crippen LogP contribution in [-0.4, -0.2) is 12.6 Å². The number of para-hydroxylation sites is 1. The van der Waals surface area contributed by atoms with Crippen molar-refractivity contribution < 1.29 is 14.3 Å². The van der Waals surface area contributed by atoms with E-state index in [0.29, 0.717) is 28.7 Å². The van der Waals surface area contributed by atoms with Gasteiger partial charge in [-0.3, -0.25) is 0 Å². The van der Waals surface area contributed by atoms with Crippen LogP contribution in [0.25, 0.3) is 5.57 Å². The van der Waals surface area contributed by atoms with Crippen LogP contribution in [0.15, 0.2) is 55.1 Å². The second kappa shape index (κ2) is 6.95. The standard InChI is InChI=1S/C17H15ClO3/c1-3-20-17(19)12(2)15-6-4-5-7-16(15)21-14-10-8-13(18)9-11-14/h4-11H,2-3H2,1H3. The van der Waals surface area contributed by atoms with Gasteiger partial charge in [0.05, 0.1) is 12.2 Å². The van der Waals surface area contributed by atoms with Gasteiger partial charge in [-0.05, 0) is 37.3 Å². The number of esters is 1. The number of hydrogen-bond acceptors (Lipinski definition) is 3. The molecule has 0 aliphatic rings. The lowest BCUT2D eigenvalue weighted by molar-refractivity contribution is -0.136. The van der Waals surface area contributed by atoms with Gasteiger partial charge in [0, 0.05) is 10.6 Å². The average molecular weight is 303 g/mol. The molecule has 3 nitrogen and oxygen atoms in total. The van der Waals surface area contributed by atoms with E-state index in [-0.39, 0.29) is 5.57 Å². The smallest absolute Gasteiger partial charge is 0.338 e. The molecule has 21 heavy (non-hydrogen) atoms. The van der Waals surface area contributed by atoms with Crippen LogP contribution >= 0.6 is 11.6 Å². The molecule has 0 N–H and O–H groups in total. The molecule has 0 radical (unpaired) electrons. The Balaban J connectivity index is 2.26. The van der Waals surface area contributed by atoms with Crippen molar-refractivity contribution in [1.82, 2.24) is 0 Å². The van der Waals surface area contributed by atoms with E-state index in [1.807, 2.05) is 12.1 Å². The number of carbonyl (C=O) groups excluding carboxylic acids is 1. The van der Waals surface area contributed by atoms with Crippen LogP contribution in [-0.2, 0) is 9.53 Å². The summed E-state index contributed by atoms with van der Waals surface area (Å²) in [6.45, 7) is 5.84. The summed E-state index contributed by atoms with van der Waals surface area (Å²) in [6.07, 6.45) is 0. The quantitative estimate of drug-likeness (QED) is 0.593. The zero-order valence-corrected chi connectivity index (χ0v) is 12.4. The molecule has 0 heterocycles. The fourth-order valence-corrected chi connectivity index (χ4v) is 1.89. The Labute approximate surface area is 128 Å². The van der Waals surface area contributed by atoms with Gasteiger partial charge in [0.1, 0.15) is 11.5 Å². The number of hydrogen-bond donors (Lipinski definition) is 0. The van der Waals surface area contributed by atoms with Crippen molar-refractivity contribution in [3.8, 4) is 11.5 Å². The van der Waals surface area contributed by atoms with Crippen molar-refractivity contribution in [3.05, 3.63) is 65.7 Å². The first-order valence-corrected chi connectivity index (χ1v) is 6.88. The number of ether oxygens (including phenoxy) is 2. The molecule has 0 atom stereocenters. The van der Waals surface area contributed by atoms with E-state index in [9.17, 15) is 4.79 Å². The van der Waals surface area contributed by atoms with E-state index in [0.717, 1.165) is 0 Å². The van der Waals surface area contributed by atoms with Gasteiger partial charge in [-0.2, -0.15) is 0 Å². The Hall–Kier alpha value is -2.26. The molecule has 108 valence electrons. The van der Waals surface area contributed by atoms with Gasteiger partial charge >= 0.3 is 5.97 Å². The maximum absolute atomic E-state index is 11.8. The number of benzene rings is 2. The first kappa shape index (κ1) is 15.1. The molecule has 0 saturated carbocycles. The molecule has 2 aromatic rings. The lowest BCUT2D eigenvalue weighted by Gasteiger charge is -2.12. The molecule has 0 bridgehead atoms. The van der Waals surface area contributed by atoms with Crippen LogP contribution in [0.5, 0.6) is 11.5 Å². The minimum absolute atomic E-state index is 0.265. The molecule has 2 rings (SSSR count). The van der Waals surface area contributed by atoms with E-state index < -0.39 is 5.97 Å². The second-order valence-corrected chi connectivity index (χ2v) is 4.69. The van der Waals surface area contributed by atoms with Crippen molar-refractivity contribution in [1.29, 1.82) is 0 Å². The van der Waals surface area contributed by atoms with Crippen LogP contribution in [0.1, 0.15) is 12.5 Å². The zero-order chi connectivity index (χ0) is 15.2. The predicted octanol–water partition coefficient (Wildman–Crippen LogP) is 4.71. The van der Waals surface area contributed by atoms with Crippen molar-refractivity contribution in [2.75, 3.05) is 6.61 Å². The van der Waals surface area contributed by atoms with Gasteiger partial charge in [0.2, 0.25) is 0 Å². The molecule has 0 amide bonds. The van der Waals surface area contributed by atoms with Gasteiger partial charge in [0.15, 0.2) is 0 Å². The highest BCUT2D eigenvalue weighted by Gasteiger charge is 2.15. The van der Waals surface area contributed by atoms with Crippen LogP contribution < -0.4 is 4.74 Å². The Kier molecular flexibility index (Phi) is 5.01. The zero-order valence-electron chi connectivity index (χ0n) is 11.6. The summed E-state index contributed by atoms with van der Waals surface area (Å²) in [5, 5.41) is 0.631. The molecule has 0 aliphatic carbocycles. The molecular weight excluding hydrogens is 288 g/mol. The normalized spacial score (nSPS) is 10.0. The molecular formula is C17H15ClO3. The minimum atomic E-state index is -0.454. The van der Waals surface area contributed by atoms with Crippen molar-refractivity contribution in [2.45, 2.75) is 6.92 Å². The molecule has 0 fully saturated rings. The van der Waals surface area contributed by atoms with Gasteiger partial charge in [-0.25, -0.2) is 4.79 Å². The summed E-state index contributed by atoms with van der Waals surface area (Å²) in [5.74, 6) is 0.714. The molecule has 0 unspecified atom stereocenters. The third-order valence-corrected chi connectivity index (χ3v) is 3.03. The van der Waals surface area contributed by atoms with Gasteiger partial charge in [-0.15, -0.1) is 0 Å². The van der Waals surface area contributed by atoms with Gasteiger partial charge in [-0.1, -0.05) is 36.4 Å². The van der Waals surface area contributed by atoms with E-state index >= 15 is 0 Å². The van der Waals surface area contributed by atoms with E-state index in [1.54, 1.807) is 43.3 Å². The van der Waals surface area contributed by atoms with Crippen LogP contribution in [0, 0.1) is 0 Å². The number of rotatable bonds is 5. The first-order valence-electron chi connectivity index (χ1n) is 6.50. The highest BCUT2D eigenvalue weighted by molar-refractivity contribution is 6.30. The molecule has 0 aliphatic heterocycles. The highest BCUT2D eigenvalue weighted by Crippen LogP contribution is 2.30. The van der Waals surface area contributed by atoms with Crippen molar-refractivity contribution >= 4 is 23.1 Å². The Morgan fingerprint density at radius 3 is 2.48 bits per heavy atom. The summed E-state index contributed by atoms with van der Waals surface area (Å²) in [5.41, 5.74) is 0.868. The molecule has 2 aromatic carbocycles. The molecule has 0 aromatic heterocycles. The fourth-order valence-electron chi connectivity index (χ4n) is 1.76. The number of carbonyl (C=O) groups is 1. The lowest BCUT2D eigenvalue weighted by atomic mass is 10.1. The maximum Gasteiger partial charge on any atom is 0.338 e. The molecule has 0 saturated heterocycles. The number of halogens is 1. The lowest BCUT2D eigenvalue weighted by Crippen LogP contribution is -2.06. The molecule has 4 heteroatoms. The SMILES string of the molecule is C=C(C(=O)OCC)c1ccccc1Oc1ccc(Cl)cc1. The fraction of sp³-hybridized carbons (Fsp3) is 0.118. The van der Waals surface area contributed by atoms with E-state index in [2.05, 4.69) is 6.58 Å². The molecule has 0 spiro atoms. The summed E-state index contributed by atoms with van der Waals surface area (Å²) in [4.78, 5) is 11.8. The predicted molar refractivity (Wildman–Crippen MR) is 83.6 cm³/mol. The van der Waals surface area contributed by atoms with Crippen LogP contribution in [0.4, 0.5) is 0 Å². The Morgan fingerprint density at radius 2 is 1.81 bits per heavy atom. The van der Waals surface area contributed by atoms with E-state index in [1.165, 1.54) is 0 Å². The maximum atomic E-state index is 11.8. The second-order valence-electron chi connectivity index (χ2n) is 4.25. The monoisotopic (exact) mass is 302 g/mol. The average Bonchev–Trinajstić information content (AvgIpc) is 2.50. The topological polar surface area (TPSA) is 35.5 Å². The Bertz CT molecular complexity index is 647. The van der Waals surface area contributed by atoms with Gasteiger partial charge in [0.25, 0.3) is 0 Å². The highest BCUT2D eigenvalue weighted by atomic mass is 35.5. The summed E-state index contributed by atoms with van der Waals surface area (Å²) in [6, 6.07) is 14.2. The van der Waals surface area contributed by atoms with E-state index in [4.69, 9.17) is 21.1 Å². The summed E-state index contributed by atoms with van der Waals surface area (Å²) >= 11 is 5.84. The summed E-state index contributed by atoms with van der Waals surface area (Å²) < 4.78 is 10.8. The van der Waals surface area contributed by atoms with Crippen LogP contribution in [0.3, 0.4) is 0 Å². The largest absolute Gasteiger partial charge is 0.462 e. The third kappa shape index (κ3) is 3.86. The van der Waals surface area contributed by atoms with Crippen molar-refractivity contribution in [2.24, 2.45) is 0 Å². The van der Waals surface area contributed by atoms with Crippen molar-refractivity contribution in [3.63, 3.8) is 0 Å². The summed E-state index contributed by atoms with van der Waals surface area (Å²) in [7, 11) is 0. The Morgan fingerprint density at radius 1 is 1.14 bits per heavy atom. The minimum Gasteiger partial charge on any atom is -0.462 e. The first-order chi connectivity index (χ1) is 10.1. The van der Waals surface area contributed by atoms with Crippen LogP contribution in [0.2, 0.25) is 5.02 Å². The van der Waals surface area contributed by atoms with Gasteiger partial charge < -0.3 is 9.47 Å². The third-order valence-electron chi connectivity index (χ3n) is 2.78.